The van der Waals surface area contributed by atoms with Crippen LogP contribution >= 0.6 is 0 Å². The summed E-state index contributed by atoms with van der Waals surface area (Å²) in [6, 6.07) is 0.130. The molecule has 17 heavy (non-hydrogen) atoms. The van der Waals surface area contributed by atoms with Crippen molar-refractivity contribution in [2.75, 3.05) is 17.2 Å². The van der Waals surface area contributed by atoms with Crippen molar-refractivity contribution in [3.05, 3.63) is 5.69 Å². The lowest BCUT2D eigenvalue weighted by Crippen LogP contribution is -2.40. The molecule has 1 rings (SSSR count). The summed E-state index contributed by atoms with van der Waals surface area (Å²) in [5.41, 5.74) is 12.8. The van der Waals surface area contributed by atoms with Crippen LogP contribution in [0.3, 0.4) is 0 Å². The lowest BCUT2D eigenvalue weighted by Gasteiger charge is -2.27. The molecule has 1 heterocycles. The standard InChI is InChI=1S/C11H21N5O/c1-5-8-10(13)11(15(4)14-8)16(7(2)3)6-9(12)17/h7H,5-6,13H2,1-4H3,(H2,12,17). The molecular formula is C11H21N5O. The average molecular weight is 239 g/mol. The van der Waals surface area contributed by atoms with Gasteiger partial charge in [0.15, 0.2) is 5.82 Å². The zero-order valence-electron chi connectivity index (χ0n) is 10.9. The van der Waals surface area contributed by atoms with Crippen LogP contribution in [0.25, 0.3) is 0 Å². The van der Waals surface area contributed by atoms with E-state index >= 15 is 0 Å². The molecule has 6 heteroatoms. The molecule has 0 aromatic carbocycles. The molecule has 0 bridgehead atoms. The Bertz CT molecular complexity index is 410. The molecule has 96 valence electrons. The van der Waals surface area contributed by atoms with Gasteiger partial charge in [-0.15, -0.1) is 0 Å². The maximum atomic E-state index is 11.1. The van der Waals surface area contributed by atoms with Gasteiger partial charge in [-0.25, -0.2) is 0 Å². The number of rotatable bonds is 5. The number of hydrogen-bond donors (Lipinski definition) is 2. The Morgan fingerprint density at radius 3 is 2.47 bits per heavy atom. The minimum Gasteiger partial charge on any atom is -0.394 e. The van der Waals surface area contributed by atoms with Gasteiger partial charge in [-0.05, 0) is 20.3 Å². The largest absolute Gasteiger partial charge is 0.394 e. The number of carbonyl (C=O) groups is 1. The highest BCUT2D eigenvalue weighted by molar-refractivity contribution is 5.81. The van der Waals surface area contributed by atoms with E-state index in [2.05, 4.69) is 5.10 Å². The van der Waals surface area contributed by atoms with Gasteiger partial charge in [-0.3, -0.25) is 9.48 Å². The number of aromatic nitrogens is 2. The summed E-state index contributed by atoms with van der Waals surface area (Å²) < 4.78 is 1.71. The first-order valence-electron chi connectivity index (χ1n) is 5.74. The van der Waals surface area contributed by atoms with Gasteiger partial charge in [0, 0.05) is 13.1 Å². The van der Waals surface area contributed by atoms with Crippen molar-refractivity contribution in [2.24, 2.45) is 12.8 Å². The second kappa shape index (κ2) is 5.07. The maximum Gasteiger partial charge on any atom is 0.237 e. The molecule has 0 aliphatic heterocycles. The van der Waals surface area contributed by atoms with Gasteiger partial charge in [0.2, 0.25) is 5.91 Å². The Labute approximate surface area is 102 Å². The van der Waals surface area contributed by atoms with Gasteiger partial charge in [-0.2, -0.15) is 5.10 Å². The Morgan fingerprint density at radius 2 is 2.12 bits per heavy atom. The fraction of sp³-hybridized carbons (Fsp3) is 0.636. The Kier molecular flexibility index (Phi) is 3.98. The Hall–Kier alpha value is -1.72. The van der Waals surface area contributed by atoms with Crippen molar-refractivity contribution in [3.8, 4) is 0 Å². The van der Waals surface area contributed by atoms with E-state index in [0.717, 1.165) is 17.9 Å². The number of nitrogens with zero attached hydrogens (tertiary/aromatic N) is 3. The van der Waals surface area contributed by atoms with Crippen molar-refractivity contribution >= 4 is 17.4 Å². The highest BCUT2D eigenvalue weighted by atomic mass is 16.1. The molecule has 1 aromatic heterocycles. The van der Waals surface area contributed by atoms with Gasteiger partial charge < -0.3 is 16.4 Å². The molecule has 0 saturated carbocycles. The van der Waals surface area contributed by atoms with E-state index in [4.69, 9.17) is 11.5 Å². The van der Waals surface area contributed by atoms with Crippen LogP contribution in [0.15, 0.2) is 0 Å². The molecule has 0 radical (unpaired) electrons. The van der Waals surface area contributed by atoms with E-state index < -0.39 is 0 Å². The first-order valence-corrected chi connectivity index (χ1v) is 5.74. The Balaban J connectivity index is 3.18. The van der Waals surface area contributed by atoms with E-state index in [9.17, 15) is 4.79 Å². The number of primary amides is 1. The summed E-state index contributed by atoms with van der Waals surface area (Å²) >= 11 is 0. The minimum atomic E-state index is -0.377. The van der Waals surface area contributed by atoms with E-state index in [1.54, 1.807) is 4.68 Å². The summed E-state index contributed by atoms with van der Waals surface area (Å²) in [6.07, 6.45) is 0.766. The highest BCUT2D eigenvalue weighted by Crippen LogP contribution is 2.27. The number of hydrogen-bond acceptors (Lipinski definition) is 4. The predicted molar refractivity (Wildman–Crippen MR) is 68.7 cm³/mol. The summed E-state index contributed by atoms with van der Waals surface area (Å²) in [7, 11) is 1.82. The topological polar surface area (TPSA) is 90.2 Å². The lowest BCUT2D eigenvalue weighted by molar-refractivity contribution is -0.116. The zero-order valence-corrected chi connectivity index (χ0v) is 10.9. The van der Waals surface area contributed by atoms with Gasteiger partial charge in [-0.1, -0.05) is 6.92 Å². The smallest absolute Gasteiger partial charge is 0.237 e. The lowest BCUT2D eigenvalue weighted by atomic mass is 10.2. The molecule has 0 fully saturated rings. The number of aryl methyl sites for hydroxylation is 2. The first kappa shape index (κ1) is 13.3. The number of nitrogens with two attached hydrogens (primary N) is 2. The van der Waals surface area contributed by atoms with Crippen molar-refractivity contribution < 1.29 is 4.79 Å². The van der Waals surface area contributed by atoms with Gasteiger partial charge in [0.1, 0.15) is 0 Å². The minimum absolute atomic E-state index is 0.130. The third kappa shape index (κ3) is 2.69. The third-order valence-electron chi connectivity index (χ3n) is 2.69. The summed E-state index contributed by atoms with van der Waals surface area (Å²) in [4.78, 5) is 13.0. The van der Waals surface area contributed by atoms with Gasteiger partial charge in [0.05, 0.1) is 17.9 Å². The SMILES string of the molecule is CCc1nn(C)c(N(CC(N)=O)C(C)C)c1N. The van der Waals surface area contributed by atoms with Crippen LogP contribution in [0.1, 0.15) is 26.5 Å². The number of nitrogen functional groups attached to an aromatic ring is 1. The Morgan fingerprint density at radius 1 is 1.53 bits per heavy atom. The quantitative estimate of drug-likeness (QED) is 0.771. The van der Waals surface area contributed by atoms with Crippen LogP contribution in [0.4, 0.5) is 11.5 Å². The normalized spacial score (nSPS) is 10.9. The molecule has 0 atom stereocenters. The van der Waals surface area contributed by atoms with Crippen LogP contribution in [0, 0.1) is 0 Å². The van der Waals surface area contributed by atoms with Gasteiger partial charge in [0.25, 0.3) is 0 Å². The summed E-state index contributed by atoms with van der Waals surface area (Å²) in [6.45, 7) is 6.11. The molecule has 0 aliphatic rings. The summed E-state index contributed by atoms with van der Waals surface area (Å²) in [5.74, 6) is 0.382. The van der Waals surface area contributed by atoms with Crippen molar-refractivity contribution in [1.29, 1.82) is 0 Å². The molecule has 6 nitrogen and oxygen atoms in total. The molecular weight excluding hydrogens is 218 g/mol. The fourth-order valence-electron chi connectivity index (χ4n) is 1.86. The molecule has 1 amide bonds. The molecule has 0 aliphatic carbocycles. The molecule has 4 N–H and O–H groups in total. The van der Waals surface area contributed by atoms with Crippen molar-refractivity contribution in [2.45, 2.75) is 33.2 Å². The van der Waals surface area contributed by atoms with Crippen LogP contribution in [-0.2, 0) is 18.3 Å². The molecule has 1 aromatic rings. The van der Waals surface area contributed by atoms with Gasteiger partial charge >= 0.3 is 0 Å². The van der Waals surface area contributed by atoms with E-state index in [1.165, 1.54) is 0 Å². The van der Waals surface area contributed by atoms with E-state index in [-0.39, 0.29) is 18.5 Å². The molecule has 0 saturated heterocycles. The third-order valence-corrected chi connectivity index (χ3v) is 2.69. The average Bonchev–Trinajstić information content (AvgIpc) is 2.50. The number of carbonyl (C=O) groups excluding carboxylic acids is 1. The van der Waals surface area contributed by atoms with Crippen molar-refractivity contribution in [3.63, 3.8) is 0 Å². The molecule has 0 unspecified atom stereocenters. The zero-order chi connectivity index (χ0) is 13.2. The fourth-order valence-corrected chi connectivity index (χ4v) is 1.86. The maximum absolute atomic E-state index is 11.1. The molecule has 0 spiro atoms. The van der Waals surface area contributed by atoms with E-state index in [1.807, 2.05) is 32.7 Å². The number of amides is 1. The van der Waals surface area contributed by atoms with Crippen LogP contribution in [-0.4, -0.2) is 28.3 Å². The van der Waals surface area contributed by atoms with Crippen LogP contribution in [0.2, 0.25) is 0 Å². The monoisotopic (exact) mass is 239 g/mol. The predicted octanol–water partition coefficient (Wildman–Crippen LogP) is 0.265. The first-order chi connectivity index (χ1) is 7.88. The highest BCUT2D eigenvalue weighted by Gasteiger charge is 2.21. The second-order valence-corrected chi connectivity index (χ2v) is 4.35. The second-order valence-electron chi connectivity index (χ2n) is 4.35. The summed E-state index contributed by atoms with van der Waals surface area (Å²) in [5, 5.41) is 4.34. The van der Waals surface area contributed by atoms with Crippen LogP contribution < -0.4 is 16.4 Å². The van der Waals surface area contributed by atoms with Crippen molar-refractivity contribution in [1.82, 2.24) is 9.78 Å². The van der Waals surface area contributed by atoms with E-state index in [0.29, 0.717) is 5.69 Å². The number of anilines is 2. The van der Waals surface area contributed by atoms with Crippen LogP contribution in [0.5, 0.6) is 0 Å².